The molecule has 0 unspecified atom stereocenters. The summed E-state index contributed by atoms with van der Waals surface area (Å²) in [7, 11) is 0. The number of hydrogen-bond acceptors (Lipinski definition) is 3. The molecule has 0 fully saturated rings. The lowest BCUT2D eigenvalue weighted by Gasteiger charge is -2.12. The molecule has 1 heterocycles. The van der Waals surface area contributed by atoms with E-state index in [0.717, 1.165) is 12.8 Å². The van der Waals surface area contributed by atoms with Gasteiger partial charge in [0.25, 0.3) is 0 Å². The molecule has 1 rings (SSSR count). The molecule has 0 saturated heterocycles. The Morgan fingerprint density at radius 2 is 1.47 bits per heavy atom. The topological polar surface area (TPSA) is 48.3 Å². The van der Waals surface area contributed by atoms with Crippen molar-refractivity contribution in [2.24, 2.45) is 0 Å². The van der Waals surface area contributed by atoms with Crippen molar-refractivity contribution < 1.29 is 9.53 Å². The number of ether oxygens (including phenoxy) is 1. The third-order valence-electron chi connectivity index (χ3n) is 5.75. The van der Waals surface area contributed by atoms with E-state index in [2.05, 4.69) is 19.6 Å². The van der Waals surface area contributed by atoms with Gasteiger partial charge in [0.05, 0.1) is 0 Å². The lowest BCUT2D eigenvalue weighted by molar-refractivity contribution is 0.100. The molecule has 1 aromatic heterocycles. The van der Waals surface area contributed by atoms with Gasteiger partial charge < -0.3 is 9.30 Å². The van der Waals surface area contributed by atoms with Crippen molar-refractivity contribution >= 4 is 12.0 Å². The fourth-order valence-electron chi connectivity index (χ4n) is 3.92. The maximum atomic E-state index is 12.1. The Morgan fingerprint density at radius 3 is 1.97 bits per heavy atom. The molecule has 0 radical (unpaired) electrons. The molecule has 0 aromatic carbocycles. The van der Waals surface area contributed by atoms with E-state index >= 15 is 0 Å². The fourth-order valence-corrected chi connectivity index (χ4v) is 3.92. The average molecular weight is 444 g/mol. The molecule has 0 aliphatic heterocycles. The van der Waals surface area contributed by atoms with E-state index < -0.39 is 0 Å². The van der Waals surface area contributed by atoms with Gasteiger partial charge in [-0.05, 0) is 12.8 Å². The van der Waals surface area contributed by atoms with Gasteiger partial charge in [0, 0.05) is 25.4 Å². The number of nitrogens with zero attached hydrogens (tertiary/aromatic N) is 1. The Kier molecular flexibility index (Phi) is 16.1. The molecule has 32 heavy (non-hydrogen) atoms. The predicted octanol–water partition coefficient (Wildman–Crippen LogP) is 7.96. The number of pyridine rings is 1. The number of hydrogen-bond donors (Lipinski definition) is 0. The Morgan fingerprint density at radius 1 is 0.938 bits per heavy atom. The molecular formula is C28H45NO3. The number of carbonyl (C=O) groups is 1. The molecule has 0 bridgehead atoms. The van der Waals surface area contributed by atoms with Gasteiger partial charge in [-0.3, -0.25) is 9.59 Å². The van der Waals surface area contributed by atoms with Gasteiger partial charge in [-0.1, -0.05) is 109 Å². The molecule has 0 spiro atoms. The summed E-state index contributed by atoms with van der Waals surface area (Å²) in [6.45, 7) is 7.51. The van der Waals surface area contributed by atoms with Gasteiger partial charge in [0.15, 0.2) is 11.5 Å². The smallest absolute Gasteiger partial charge is 0.224 e. The fraction of sp³-hybridized carbons (Fsp3) is 0.643. The summed E-state index contributed by atoms with van der Waals surface area (Å²) in [4.78, 5) is 24.2. The minimum absolute atomic E-state index is 0.0982. The summed E-state index contributed by atoms with van der Waals surface area (Å²) in [6.07, 6.45) is 27.0. The van der Waals surface area contributed by atoms with E-state index in [0.29, 0.717) is 0 Å². The van der Waals surface area contributed by atoms with Gasteiger partial charge in [0.1, 0.15) is 12.3 Å². The standard InChI is InChI=1S/C28H45NO3/c1-4-6-7-8-9-10-11-12-13-14-15-16-17-18-19-20-22-29-23-21-26(31)28(32-24-5-2)27(29)25(3)30/h5,20-23H,2,4,6-19,24H2,1,3H3. The van der Waals surface area contributed by atoms with Crippen LogP contribution in [0.1, 0.15) is 121 Å². The molecule has 4 heteroatoms. The summed E-state index contributed by atoms with van der Waals surface area (Å²) >= 11 is 0. The second kappa shape index (κ2) is 18.5. The summed E-state index contributed by atoms with van der Waals surface area (Å²) < 4.78 is 7.13. The maximum Gasteiger partial charge on any atom is 0.224 e. The van der Waals surface area contributed by atoms with Crippen molar-refractivity contribution in [3.8, 4) is 5.75 Å². The van der Waals surface area contributed by atoms with Crippen molar-refractivity contribution in [1.82, 2.24) is 4.57 Å². The van der Waals surface area contributed by atoms with Crippen LogP contribution < -0.4 is 10.2 Å². The lowest BCUT2D eigenvalue weighted by Crippen LogP contribution is -2.17. The SMILES string of the molecule is C=CCOc1c(C(C)=O)n(C=CCCCCCCCCCCCCCCCC)ccc1=O. The zero-order valence-corrected chi connectivity index (χ0v) is 20.6. The molecule has 0 aliphatic rings. The maximum absolute atomic E-state index is 12.1. The highest BCUT2D eigenvalue weighted by Crippen LogP contribution is 2.16. The summed E-state index contributed by atoms with van der Waals surface area (Å²) in [5, 5.41) is 0. The van der Waals surface area contributed by atoms with Crippen LogP contribution >= 0.6 is 0 Å². The quantitative estimate of drug-likeness (QED) is 0.117. The van der Waals surface area contributed by atoms with E-state index in [1.165, 1.54) is 96.5 Å². The van der Waals surface area contributed by atoms with Crippen molar-refractivity contribution in [3.05, 3.63) is 46.9 Å². The van der Waals surface area contributed by atoms with Gasteiger partial charge >= 0.3 is 0 Å². The normalized spacial score (nSPS) is 11.2. The largest absolute Gasteiger partial charge is 0.483 e. The number of allylic oxidation sites excluding steroid dienone is 1. The summed E-state index contributed by atoms with van der Waals surface area (Å²) in [5.74, 6) is -0.0936. The Hall–Kier alpha value is -2.10. The van der Waals surface area contributed by atoms with Crippen LogP contribution in [-0.2, 0) is 0 Å². The van der Waals surface area contributed by atoms with Crippen LogP contribution in [0.2, 0.25) is 0 Å². The van der Waals surface area contributed by atoms with Gasteiger partial charge in [-0.15, -0.1) is 0 Å². The van der Waals surface area contributed by atoms with E-state index in [9.17, 15) is 9.59 Å². The Bertz CT molecular complexity index is 733. The minimum Gasteiger partial charge on any atom is -0.483 e. The highest BCUT2D eigenvalue weighted by atomic mass is 16.5. The zero-order valence-electron chi connectivity index (χ0n) is 20.6. The Balaban J connectivity index is 2.19. The second-order valence-corrected chi connectivity index (χ2v) is 8.69. The van der Waals surface area contributed by atoms with Crippen LogP contribution in [0.3, 0.4) is 0 Å². The Labute approximate surface area is 195 Å². The number of carbonyl (C=O) groups excluding carboxylic acids is 1. The molecule has 180 valence electrons. The number of rotatable bonds is 20. The number of aromatic nitrogens is 1. The van der Waals surface area contributed by atoms with E-state index in [-0.39, 0.29) is 29.3 Å². The van der Waals surface area contributed by atoms with Gasteiger partial charge in [-0.2, -0.15) is 0 Å². The predicted molar refractivity (Wildman–Crippen MR) is 137 cm³/mol. The van der Waals surface area contributed by atoms with Gasteiger partial charge in [-0.25, -0.2) is 0 Å². The van der Waals surface area contributed by atoms with Crippen molar-refractivity contribution in [2.45, 2.75) is 110 Å². The first-order valence-corrected chi connectivity index (χ1v) is 12.8. The van der Waals surface area contributed by atoms with Crippen molar-refractivity contribution in [2.75, 3.05) is 6.61 Å². The number of unbranched alkanes of at least 4 members (excludes halogenated alkanes) is 14. The van der Waals surface area contributed by atoms with Crippen LogP contribution in [0.25, 0.3) is 6.20 Å². The molecule has 0 N–H and O–H groups in total. The molecular weight excluding hydrogens is 398 g/mol. The third kappa shape index (κ3) is 12.1. The third-order valence-corrected chi connectivity index (χ3v) is 5.75. The molecule has 0 aliphatic carbocycles. The molecule has 0 saturated carbocycles. The molecule has 1 aromatic rings. The highest BCUT2D eigenvalue weighted by Gasteiger charge is 2.15. The van der Waals surface area contributed by atoms with Crippen molar-refractivity contribution in [3.63, 3.8) is 0 Å². The first-order chi connectivity index (χ1) is 15.6. The summed E-state index contributed by atoms with van der Waals surface area (Å²) in [5.41, 5.74) is 0.00485. The zero-order chi connectivity index (χ0) is 23.4. The first kappa shape index (κ1) is 27.9. The van der Waals surface area contributed by atoms with E-state index in [4.69, 9.17) is 4.74 Å². The number of ketones is 1. The van der Waals surface area contributed by atoms with Crippen LogP contribution in [0.4, 0.5) is 0 Å². The molecule has 0 atom stereocenters. The highest BCUT2D eigenvalue weighted by molar-refractivity contribution is 5.95. The first-order valence-electron chi connectivity index (χ1n) is 12.8. The van der Waals surface area contributed by atoms with Crippen LogP contribution in [0.5, 0.6) is 5.75 Å². The monoisotopic (exact) mass is 443 g/mol. The van der Waals surface area contributed by atoms with Crippen LogP contribution in [-0.4, -0.2) is 17.0 Å². The van der Waals surface area contributed by atoms with Gasteiger partial charge in [0.2, 0.25) is 5.43 Å². The lowest BCUT2D eigenvalue weighted by atomic mass is 10.0. The van der Waals surface area contributed by atoms with Crippen LogP contribution in [0, 0.1) is 0 Å². The molecule has 0 amide bonds. The van der Waals surface area contributed by atoms with E-state index in [1.54, 1.807) is 16.8 Å². The van der Waals surface area contributed by atoms with E-state index in [1.807, 2.05) is 6.20 Å². The summed E-state index contributed by atoms with van der Waals surface area (Å²) in [6, 6.07) is 1.43. The molecule has 4 nitrogen and oxygen atoms in total. The van der Waals surface area contributed by atoms with Crippen LogP contribution in [0.15, 0.2) is 35.8 Å². The minimum atomic E-state index is -0.284. The number of Topliss-reactive ketones (excluding diaryl/α,β-unsaturated/α-hetero) is 1. The second-order valence-electron chi connectivity index (χ2n) is 8.69. The van der Waals surface area contributed by atoms with Crippen molar-refractivity contribution in [1.29, 1.82) is 0 Å². The average Bonchev–Trinajstić information content (AvgIpc) is 2.78.